The van der Waals surface area contributed by atoms with Gasteiger partial charge in [0.25, 0.3) is 5.92 Å². The number of aliphatic imine (C=N–C) groups is 1. The number of thiazole rings is 1. The Morgan fingerprint density at radius 3 is 2.74 bits per heavy atom. The van der Waals surface area contributed by atoms with Crippen LogP contribution in [-0.4, -0.2) is 89.0 Å². The molecule has 5 rings (SSSR count). The van der Waals surface area contributed by atoms with Crippen LogP contribution in [0.1, 0.15) is 37.4 Å². The van der Waals surface area contributed by atoms with Gasteiger partial charge in [-0.2, -0.15) is 0 Å². The SMILES string of the molecule is CCOC(=O)C1=C(CN2CC(F)(F)C3CN(CC(C)(C)C(=O)O)CC32)NC(c2nccs2)=NC1c1cccc(F)c1Cl. The molecule has 14 heteroatoms. The lowest BCUT2D eigenvalue weighted by atomic mass is 9.93. The number of carboxylic acid groups (broad SMARTS) is 1. The van der Waals surface area contributed by atoms with Crippen LogP contribution in [0.3, 0.4) is 0 Å². The number of fused-ring (bicyclic) bond motifs is 1. The Bertz CT molecular complexity index is 1430. The molecule has 9 nitrogen and oxygen atoms in total. The number of likely N-dealkylation sites (tertiary alicyclic amines) is 2. The van der Waals surface area contributed by atoms with Gasteiger partial charge in [0.15, 0.2) is 10.8 Å². The molecule has 1 aromatic carbocycles. The van der Waals surface area contributed by atoms with Crippen LogP contribution in [0.15, 0.2) is 46.0 Å². The first-order valence-corrected chi connectivity index (χ1v) is 14.7. The van der Waals surface area contributed by atoms with Crippen molar-refractivity contribution >= 4 is 40.7 Å². The average Bonchev–Trinajstić information content (AvgIpc) is 3.64. The van der Waals surface area contributed by atoms with Gasteiger partial charge in [-0.25, -0.2) is 22.9 Å². The summed E-state index contributed by atoms with van der Waals surface area (Å²) in [6, 6.07) is 2.52. The lowest BCUT2D eigenvalue weighted by molar-refractivity contribution is -0.148. The Morgan fingerprint density at radius 1 is 1.31 bits per heavy atom. The molecular weight excluding hydrogens is 595 g/mol. The predicted molar refractivity (Wildman–Crippen MR) is 151 cm³/mol. The van der Waals surface area contributed by atoms with Crippen LogP contribution >= 0.6 is 22.9 Å². The van der Waals surface area contributed by atoms with E-state index in [4.69, 9.17) is 16.3 Å². The second-order valence-electron chi connectivity index (χ2n) is 11.3. The summed E-state index contributed by atoms with van der Waals surface area (Å²) < 4.78 is 50.7. The lowest BCUT2D eigenvalue weighted by Gasteiger charge is -2.32. The van der Waals surface area contributed by atoms with E-state index in [1.54, 1.807) is 48.2 Å². The quantitative estimate of drug-likeness (QED) is 0.399. The van der Waals surface area contributed by atoms with Gasteiger partial charge in [0, 0.05) is 55.1 Å². The highest BCUT2D eigenvalue weighted by molar-refractivity contribution is 7.11. The van der Waals surface area contributed by atoms with Gasteiger partial charge in [-0.1, -0.05) is 23.7 Å². The van der Waals surface area contributed by atoms with E-state index in [9.17, 15) is 19.1 Å². The monoisotopic (exact) mass is 625 g/mol. The third kappa shape index (κ3) is 5.79. The van der Waals surface area contributed by atoms with Crippen molar-refractivity contribution in [2.45, 2.75) is 38.8 Å². The first-order valence-electron chi connectivity index (χ1n) is 13.5. The number of carboxylic acids is 1. The van der Waals surface area contributed by atoms with Crippen LogP contribution < -0.4 is 5.32 Å². The highest BCUT2D eigenvalue weighted by Crippen LogP contribution is 2.44. The van der Waals surface area contributed by atoms with Gasteiger partial charge < -0.3 is 20.1 Å². The fourth-order valence-electron chi connectivity index (χ4n) is 5.86. The number of carbonyl (C=O) groups excluding carboxylic acids is 1. The van der Waals surface area contributed by atoms with E-state index in [1.807, 2.05) is 0 Å². The number of hydrogen-bond acceptors (Lipinski definition) is 9. The number of amidine groups is 1. The zero-order valence-corrected chi connectivity index (χ0v) is 24.8. The normalized spacial score (nSPS) is 24.4. The number of nitrogens with zero attached hydrogens (tertiary/aromatic N) is 4. The van der Waals surface area contributed by atoms with Crippen molar-refractivity contribution in [2.75, 3.05) is 39.3 Å². The van der Waals surface area contributed by atoms with E-state index in [1.165, 1.54) is 23.5 Å². The van der Waals surface area contributed by atoms with Gasteiger partial charge in [0.05, 0.1) is 35.1 Å². The summed E-state index contributed by atoms with van der Waals surface area (Å²) in [4.78, 5) is 37.5. The summed E-state index contributed by atoms with van der Waals surface area (Å²) in [6.07, 6.45) is 1.58. The van der Waals surface area contributed by atoms with Crippen molar-refractivity contribution in [1.29, 1.82) is 0 Å². The highest BCUT2D eigenvalue weighted by Gasteiger charge is 2.58. The number of aromatic nitrogens is 1. The number of nitrogens with one attached hydrogen (secondary N) is 1. The number of esters is 1. The number of carbonyl (C=O) groups is 2. The molecule has 3 aliphatic heterocycles. The fraction of sp³-hybridized carbons (Fsp3) is 0.500. The van der Waals surface area contributed by atoms with Crippen molar-refractivity contribution in [2.24, 2.45) is 16.3 Å². The number of ether oxygens (including phenoxy) is 1. The summed E-state index contributed by atoms with van der Waals surface area (Å²) in [5, 5.41) is 14.7. The molecule has 0 aliphatic carbocycles. The highest BCUT2D eigenvalue weighted by atomic mass is 35.5. The number of alkyl halides is 2. The second kappa shape index (κ2) is 11.6. The smallest absolute Gasteiger partial charge is 0.338 e. The molecular formula is C28H31ClF3N5O4S. The van der Waals surface area contributed by atoms with E-state index < -0.39 is 53.6 Å². The van der Waals surface area contributed by atoms with Gasteiger partial charge in [0.1, 0.15) is 11.9 Å². The van der Waals surface area contributed by atoms with E-state index in [0.29, 0.717) is 5.01 Å². The standard InChI is InChI=1S/C28H31ClF3N5O4S/c1-4-41-25(38)20-18(11-37-14-28(31,32)16-10-36(12-19(16)37)13-27(2,3)26(39)40)34-23(24-33-8-9-42-24)35-22(20)15-6-5-7-17(30)21(15)29/h5-9,16,19,22H,4,10-14H2,1-3H3,(H,34,35)(H,39,40). The predicted octanol–water partition coefficient (Wildman–Crippen LogP) is 4.21. The minimum atomic E-state index is -3.04. The van der Waals surface area contributed by atoms with E-state index >= 15 is 8.78 Å². The van der Waals surface area contributed by atoms with Crippen LogP contribution in [-0.2, 0) is 14.3 Å². The molecule has 3 unspecified atom stereocenters. The number of rotatable bonds is 9. The molecule has 0 amide bonds. The minimum Gasteiger partial charge on any atom is -0.481 e. The van der Waals surface area contributed by atoms with Crippen LogP contribution in [0, 0.1) is 17.2 Å². The number of halogens is 4. The second-order valence-corrected chi connectivity index (χ2v) is 12.6. The zero-order valence-electron chi connectivity index (χ0n) is 23.2. The molecule has 226 valence electrons. The molecule has 4 heterocycles. The third-order valence-electron chi connectivity index (χ3n) is 7.88. The topological polar surface area (TPSA) is 107 Å². The van der Waals surface area contributed by atoms with E-state index in [-0.39, 0.29) is 60.5 Å². The molecule has 2 saturated heterocycles. The Labute approximate surface area is 250 Å². The van der Waals surface area contributed by atoms with Crippen molar-refractivity contribution in [3.05, 3.63) is 62.5 Å². The largest absolute Gasteiger partial charge is 0.481 e. The molecule has 1 aromatic heterocycles. The molecule has 0 saturated carbocycles. The Kier molecular flexibility index (Phi) is 8.40. The number of aliphatic carboxylic acids is 1. The maximum absolute atomic E-state index is 15.4. The first kappa shape index (κ1) is 30.5. The Balaban J connectivity index is 1.54. The Morgan fingerprint density at radius 2 is 2.07 bits per heavy atom. The molecule has 3 atom stereocenters. The molecule has 42 heavy (non-hydrogen) atoms. The summed E-state index contributed by atoms with van der Waals surface area (Å²) in [7, 11) is 0. The Hall–Kier alpha value is -3.00. The fourth-order valence-corrected chi connectivity index (χ4v) is 6.68. The first-order chi connectivity index (χ1) is 19.8. The van der Waals surface area contributed by atoms with E-state index in [2.05, 4.69) is 15.3 Å². The van der Waals surface area contributed by atoms with E-state index in [0.717, 1.165) is 0 Å². The van der Waals surface area contributed by atoms with Gasteiger partial charge >= 0.3 is 11.9 Å². The van der Waals surface area contributed by atoms with Crippen molar-refractivity contribution in [3.63, 3.8) is 0 Å². The summed E-state index contributed by atoms with van der Waals surface area (Å²) in [6.45, 7) is 4.60. The van der Waals surface area contributed by atoms with Crippen molar-refractivity contribution in [3.8, 4) is 0 Å². The number of benzene rings is 1. The summed E-state index contributed by atoms with van der Waals surface area (Å²) in [5.41, 5.74) is -0.571. The van der Waals surface area contributed by atoms with Crippen LogP contribution in [0.5, 0.6) is 0 Å². The molecule has 2 fully saturated rings. The molecule has 2 N–H and O–H groups in total. The molecule has 0 spiro atoms. The average molecular weight is 626 g/mol. The van der Waals surface area contributed by atoms with Crippen molar-refractivity contribution < 1.29 is 32.6 Å². The van der Waals surface area contributed by atoms with Crippen LogP contribution in [0.4, 0.5) is 13.2 Å². The maximum atomic E-state index is 15.4. The summed E-state index contributed by atoms with van der Waals surface area (Å²) >= 11 is 7.64. The van der Waals surface area contributed by atoms with Gasteiger partial charge in [0.2, 0.25) is 0 Å². The number of hydrogen-bond donors (Lipinski definition) is 2. The van der Waals surface area contributed by atoms with Gasteiger partial charge in [-0.15, -0.1) is 11.3 Å². The van der Waals surface area contributed by atoms with Gasteiger partial charge in [-0.3, -0.25) is 14.7 Å². The molecule has 3 aliphatic rings. The zero-order chi connectivity index (χ0) is 30.4. The minimum absolute atomic E-state index is 0.0401. The summed E-state index contributed by atoms with van der Waals surface area (Å²) in [5.74, 6) is -6.19. The molecule has 2 aromatic rings. The maximum Gasteiger partial charge on any atom is 0.338 e. The molecule has 0 radical (unpaired) electrons. The molecule has 0 bridgehead atoms. The van der Waals surface area contributed by atoms with Crippen LogP contribution in [0.2, 0.25) is 5.02 Å². The third-order valence-corrected chi connectivity index (χ3v) is 9.06. The lowest BCUT2D eigenvalue weighted by Crippen LogP contribution is -2.44. The van der Waals surface area contributed by atoms with Crippen molar-refractivity contribution in [1.82, 2.24) is 20.1 Å². The van der Waals surface area contributed by atoms with Crippen LogP contribution in [0.25, 0.3) is 0 Å². The van der Waals surface area contributed by atoms with Gasteiger partial charge in [-0.05, 0) is 26.8 Å².